The second-order valence-corrected chi connectivity index (χ2v) is 4.34. The van der Waals surface area contributed by atoms with Gasteiger partial charge in [0.2, 0.25) is 5.95 Å². The molecule has 0 fully saturated rings. The monoisotopic (exact) mass is 218 g/mol. The first kappa shape index (κ1) is 10.9. The quantitative estimate of drug-likeness (QED) is 0.857. The summed E-state index contributed by atoms with van der Waals surface area (Å²) in [4.78, 5) is 4.42. The largest absolute Gasteiger partial charge is 0.353 e. The highest BCUT2D eigenvalue weighted by Crippen LogP contribution is 2.08. The summed E-state index contributed by atoms with van der Waals surface area (Å²) in [5.74, 6) is 1.36. The van der Waals surface area contributed by atoms with Crippen molar-refractivity contribution in [1.82, 2.24) is 14.6 Å². The van der Waals surface area contributed by atoms with Crippen LogP contribution in [0.2, 0.25) is 0 Å². The van der Waals surface area contributed by atoms with Gasteiger partial charge in [-0.25, -0.2) is 4.52 Å². The van der Waals surface area contributed by atoms with Gasteiger partial charge >= 0.3 is 0 Å². The van der Waals surface area contributed by atoms with Crippen molar-refractivity contribution in [3.63, 3.8) is 0 Å². The van der Waals surface area contributed by atoms with Crippen LogP contribution in [0.1, 0.15) is 25.8 Å². The lowest BCUT2D eigenvalue weighted by Gasteiger charge is -2.07. The Hall–Kier alpha value is -1.58. The molecule has 1 N–H and O–H groups in total. The Kier molecular flexibility index (Phi) is 3.08. The number of rotatable bonds is 4. The zero-order valence-electron chi connectivity index (χ0n) is 10.1. The third-order valence-corrected chi connectivity index (χ3v) is 2.80. The van der Waals surface area contributed by atoms with Gasteiger partial charge in [-0.05, 0) is 30.5 Å². The topological polar surface area (TPSA) is 42.2 Å². The number of aromatic nitrogens is 3. The van der Waals surface area contributed by atoms with E-state index in [9.17, 15) is 0 Å². The number of fused-ring (bicyclic) bond motifs is 1. The zero-order valence-corrected chi connectivity index (χ0v) is 10.1. The van der Waals surface area contributed by atoms with Crippen LogP contribution in [-0.2, 0) is 0 Å². The summed E-state index contributed by atoms with van der Waals surface area (Å²) in [6, 6.07) is 4.06. The normalized spacial score (nSPS) is 12.9. The molecule has 0 amide bonds. The maximum absolute atomic E-state index is 4.42. The summed E-state index contributed by atoms with van der Waals surface area (Å²) >= 11 is 0. The fraction of sp³-hybridized carbons (Fsp3) is 0.500. The highest BCUT2D eigenvalue weighted by atomic mass is 15.3. The second kappa shape index (κ2) is 4.51. The Bertz CT molecular complexity index is 475. The lowest BCUT2D eigenvalue weighted by molar-refractivity contribution is 0.591. The fourth-order valence-electron chi connectivity index (χ4n) is 1.47. The van der Waals surface area contributed by atoms with Gasteiger partial charge in [0, 0.05) is 12.7 Å². The van der Waals surface area contributed by atoms with Gasteiger partial charge in [0.1, 0.15) is 0 Å². The van der Waals surface area contributed by atoms with E-state index in [4.69, 9.17) is 0 Å². The van der Waals surface area contributed by atoms with Gasteiger partial charge in [-0.15, -0.1) is 5.10 Å². The van der Waals surface area contributed by atoms with Crippen molar-refractivity contribution >= 4 is 11.6 Å². The average Bonchev–Trinajstić information content (AvgIpc) is 2.67. The van der Waals surface area contributed by atoms with Crippen LogP contribution in [0, 0.1) is 12.8 Å². The molecule has 1 unspecified atom stereocenters. The third kappa shape index (κ3) is 2.32. The van der Waals surface area contributed by atoms with Crippen LogP contribution in [0.15, 0.2) is 18.3 Å². The molecule has 0 saturated carbocycles. The molecule has 2 heterocycles. The van der Waals surface area contributed by atoms with Crippen molar-refractivity contribution < 1.29 is 0 Å². The van der Waals surface area contributed by atoms with Crippen molar-refractivity contribution in [2.45, 2.75) is 27.2 Å². The molecule has 1 atom stereocenters. The first-order chi connectivity index (χ1) is 7.69. The number of aryl methyl sites for hydroxylation is 1. The maximum Gasteiger partial charge on any atom is 0.243 e. The molecule has 0 saturated heterocycles. The van der Waals surface area contributed by atoms with Gasteiger partial charge < -0.3 is 5.32 Å². The van der Waals surface area contributed by atoms with E-state index in [2.05, 4.69) is 36.2 Å². The number of pyridine rings is 1. The lowest BCUT2D eigenvalue weighted by atomic mass is 10.1. The predicted molar refractivity (Wildman–Crippen MR) is 65.7 cm³/mol. The molecule has 86 valence electrons. The van der Waals surface area contributed by atoms with E-state index in [1.807, 2.05) is 18.3 Å². The van der Waals surface area contributed by atoms with Gasteiger partial charge in [-0.1, -0.05) is 20.3 Å². The van der Waals surface area contributed by atoms with E-state index in [1.165, 1.54) is 12.0 Å². The van der Waals surface area contributed by atoms with Crippen molar-refractivity contribution in [2.24, 2.45) is 5.92 Å². The van der Waals surface area contributed by atoms with E-state index < -0.39 is 0 Å². The number of hydrogen-bond donors (Lipinski definition) is 1. The van der Waals surface area contributed by atoms with Crippen LogP contribution in [-0.4, -0.2) is 21.1 Å². The molecule has 0 spiro atoms. The van der Waals surface area contributed by atoms with Crippen molar-refractivity contribution in [3.05, 3.63) is 23.9 Å². The van der Waals surface area contributed by atoms with Crippen LogP contribution < -0.4 is 5.32 Å². The fourth-order valence-corrected chi connectivity index (χ4v) is 1.47. The predicted octanol–water partition coefficient (Wildman–Crippen LogP) is 2.50. The molecule has 4 heteroatoms. The minimum atomic E-state index is 0.647. The Morgan fingerprint density at radius 3 is 3.06 bits per heavy atom. The van der Waals surface area contributed by atoms with Crippen LogP contribution >= 0.6 is 0 Å². The number of hydrogen-bond acceptors (Lipinski definition) is 3. The molecule has 0 aromatic carbocycles. The second-order valence-electron chi connectivity index (χ2n) is 4.34. The van der Waals surface area contributed by atoms with Crippen LogP contribution in [0.4, 0.5) is 5.95 Å². The molecule has 0 radical (unpaired) electrons. The summed E-state index contributed by atoms with van der Waals surface area (Å²) in [6.07, 6.45) is 3.10. The van der Waals surface area contributed by atoms with Gasteiger partial charge in [0.05, 0.1) is 0 Å². The summed E-state index contributed by atoms with van der Waals surface area (Å²) in [5, 5.41) is 7.62. The molecule has 4 nitrogen and oxygen atoms in total. The first-order valence-electron chi connectivity index (χ1n) is 5.76. The standard InChI is InChI=1S/C12H18N4/c1-4-9(2)8-13-12-14-11-7-10(3)5-6-16(11)15-12/h5-7,9H,4,8H2,1-3H3,(H,13,15). The SMILES string of the molecule is CCC(C)CNc1nc2cc(C)ccn2n1. The van der Waals surface area contributed by atoms with E-state index in [0.717, 1.165) is 12.2 Å². The van der Waals surface area contributed by atoms with Gasteiger partial charge in [0.25, 0.3) is 0 Å². The minimum absolute atomic E-state index is 0.647. The number of nitrogens with zero attached hydrogens (tertiary/aromatic N) is 3. The van der Waals surface area contributed by atoms with Gasteiger partial charge in [-0.2, -0.15) is 4.98 Å². The summed E-state index contributed by atoms with van der Waals surface area (Å²) in [6.45, 7) is 7.38. The van der Waals surface area contributed by atoms with Crippen molar-refractivity contribution in [3.8, 4) is 0 Å². The number of anilines is 1. The van der Waals surface area contributed by atoms with Crippen LogP contribution in [0.3, 0.4) is 0 Å². The van der Waals surface area contributed by atoms with E-state index in [-0.39, 0.29) is 0 Å². The van der Waals surface area contributed by atoms with Crippen LogP contribution in [0.25, 0.3) is 5.65 Å². The molecule has 0 aliphatic heterocycles. The Balaban J connectivity index is 2.13. The molecule has 2 rings (SSSR count). The summed E-state index contributed by atoms with van der Waals surface area (Å²) < 4.78 is 1.80. The van der Waals surface area contributed by atoms with Gasteiger partial charge in [-0.3, -0.25) is 0 Å². The highest BCUT2D eigenvalue weighted by Gasteiger charge is 2.04. The van der Waals surface area contributed by atoms with Crippen molar-refractivity contribution in [1.29, 1.82) is 0 Å². The summed E-state index contributed by atoms with van der Waals surface area (Å²) in [5.41, 5.74) is 2.10. The average molecular weight is 218 g/mol. The molecular formula is C12H18N4. The molecule has 2 aromatic heterocycles. The molecule has 0 aliphatic rings. The Morgan fingerprint density at radius 1 is 1.50 bits per heavy atom. The maximum atomic E-state index is 4.42. The molecular weight excluding hydrogens is 200 g/mol. The molecule has 16 heavy (non-hydrogen) atoms. The third-order valence-electron chi connectivity index (χ3n) is 2.80. The van der Waals surface area contributed by atoms with Crippen LogP contribution in [0.5, 0.6) is 0 Å². The summed E-state index contributed by atoms with van der Waals surface area (Å²) in [7, 11) is 0. The number of nitrogens with one attached hydrogen (secondary N) is 1. The molecule has 0 bridgehead atoms. The van der Waals surface area contributed by atoms with E-state index >= 15 is 0 Å². The van der Waals surface area contributed by atoms with Crippen molar-refractivity contribution in [2.75, 3.05) is 11.9 Å². The Labute approximate surface area is 95.7 Å². The van der Waals surface area contributed by atoms with Gasteiger partial charge in [0.15, 0.2) is 5.65 Å². The first-order valence-corrected chi connectivity index (χ1v) is 5.76. The molecule has 2 aromatic rings. The Morgan fingerprint density at radius 2 is 2.31 bits per heavy atom. The zero-order chi connectivity index (χ0) is 11.5. The van der Waals surface area contributed by atoms with E-state index in [1.54, 1.807) is 4.52 Å². The smallest absolute Gasteiger partial charge is 0.243 e. The minimum Gasteiger partial charge on any atom is -0.353 e. The lowest BCUT2D eigenvalue weighted by Crippen LogP contribution is -2.11. The highest BCUT2D eigenvalue weighted by molar-refractivity contribution is 5.45. The molecule has 0 aliphatic carbocycles. The van der Waals surface area contributed by atoms with E-state index in [0.29, 0.717) is 11.9 Å².